The topological polar surface area (TPSA) is 21.3 Å². The standard InChI is InChI=1S/C15H23NO/c1-4-11-16-12-5-6-14-7-9-15(10-8-14)17-13(2)3/h5-10,13,16H,4,11-12H2,1-3H3. The fourth-order valence-electron chi connectivity index (χ4n) is 1.49. The molecule has 0 fully saturated rings. The molecule has 1 rings (SSSR count). The first-order valence-electron chi connectivity index (χ1n) is 6.36. The Hall–Kier alpha value is -1.28. The van der Waals surface area contributed by atoms with Gasteiger partial charge in [-0.1, -0.05) is 31.2 Å². The second-order valence-corrected chi connectivity index (χ2v) is 4.34. The Bertz CT molecular complexity index is 327. The number of hydrogen-bond acceptors (Lipinski definition) is 2. The second kappa shape index (κ2) is 7.91. The van der Waals surface area contributed by atoms with Crippen molar-refractivity contribution in [3.05, 3.63) is 35.9 Å². The van der Waals surface area contributed by atoms with Crippen LogP contribution in [-0.4, -0.2) is 19.2 Å². The zero-order chi connectivity index (χ0) is 12.5. The van der Waals surface area contributed by atoms with Crippen molar-refractivity contribution >= 4 is 6.08 Å². The third kappa shape index (κ3) is 6.12. The van der Waals surface area contributed by atoms with E-state index >= 15 is 0 Å². The lowest BCUT2D eigenvalue weighted by atomic mass is 10.2. The Kier molecular flexibility index (Phi) is 6.41. The number of rotatable bonds is 7. The average molecular weight is 233 g/mol. The molecule has 1 N–H and O–H groups in total. The van der Waals surface area contributed by atoms with Crippen molar-refractivity contribution in [3.63, 3.8) is 0 Å². The molecule has 0 saturated heterocycles. The molecule has 0 aliphatic rings. The Morgan fingerprint density at radius 1 is 1.24 bits per heavy atom. The zero-order valence-corrected chi connectivity index (χ0v) is 11.1. The number of nitrogens with one attached hydrogen (secondary N) is 1. The predicted octanol–water partition coefficient (Wildman–Crippen LogP) is 3.49. The van der Waals surface area contributed by atoms with Crippen molar-refractivity contribution in [2.45, 2.75) is 33.3 Å². The van der Waals surface area contributed by atoms with Crippen LogP contribution in [0, 0.1) is 0 Å². The Labute approximate surface area is 105 Å². The Balaban J connectivity index is 2.39. The summed E-state index contributed by atoms with van der Waals surface area (Å²) in [6, 6.07) is 8.18. The molecular weight excluding hydrogens is 210 g/mol. The quantitative estimate of drug-likeness (QED) is 0.728. The summed E-state index contributed by atoms with van der Waals surface area (Å²) in [6.07, 6.45) is 5.68. The van der Waals surface area contributed by atoms with Gasteiger partial charge in [-0.05, 0) is 44.5 Å². The van der Waals surface area contributed by atoms with Gasteiger partial charge in [-0.25, -0.2) is 0 Å². The summed E-state index contributed by atoms with van der Waals surface area (Å²) in [5.74, 6) is 0.932. The maximum Gasteiger partial charge on any atom is 0.119 e. The van der Waals surface area contributed by atoms with Crippen molar-refractivity contribution in [3.8, 4) is 5.75 Å². The van der Waals surface area contributed by atoms with E-state index in [1.807, 2.05) is 26.0 Å². The monoisotopic (exact) mass is 233 g/mol. The lowest BCUT2D eigenvalue weighted by molar-refractivity contribution is 0.242. The van der Waals surface area contributed by atoms with Gasteiger partial charge in [-0.2, -0.15) is 0 Å². The largest absolute Gasteiger partial charge is 0.491 e. The minimum Gasteiger partial charge on any atom is -0.491 e. The first-order chi connectivity index (χ1) is 8.22. The maximum atomic E-state index is 5.59. The van der Waals surface area contributed by atoms with Crippen molar-refractivity contribution in [2.75, 3.05) is 13.1 Å². The van der Waals surface area contributed by atoms with E-state index in [1.54, 1.807) is 0 Å². The molecule has 17 heavy (non-hydrogen) atoms. The molecular formula is C15H23NO. The summed E-state index contributed by atoms with van der Waals surface area (Å²) >= 11 is 0. The molecule has 1 aromatic carbocycles. The Morgan fingerprint density at radius 3 is 2.53 bits per heavy atom. The van der Waals surface area contributed by atoms with E-state index < -0.39 is 0 Å². The van der Waals surface area contributed by atoms with Crippen molar-refractivity contribution in [1.29, 1.82) is 0 Å². The van der Waals surface area contributed by atoms with Gasteiger partial charge >= 0.3 is 0 Å². The first kappa shape index (κ1) is 13.8. The van der Waals surface area contributed by atoms with Crippen molar-refractivity contribution in [1.82, 2.24) is 5.32 Å². The van der Waals surface area contributed by atoms with E-state index in [0.717, 1.165) is 18.8 Å². The summed E-state index contributed by atoms with van der Waals surface area (Å²) in [4.78, 5) is 0. The van der Waals surface area contributed by atoms with Crippen molar-refractivity contribution < 1.29 is 4.74 Å². The molecule has 0 saturated carbocycles. The van der Waals surface area contributed by atoms with Gasteiger partial charge in [-0.3, -0.25) is 0 Å². The molecule has 0 aromatic heterocycles. The molecule has 0 amide bonds. The molecule has 0 bridgehead atoms. The molecule has 0 unspecified atom stereocenters. The summed E-state index contributed by atoms with van der Waals surface area (Å²) in [5.41, 5.74) is 1.21. The fraction of sp³-hybridized carbons (Fsp3) is 0.467. The average Bonchev–Trinajstić information content (AvgIpc) is 2.30. The zero-order valence-electron chi connectivity index (χ0n) is 11.1. The van der Waals surface area contributed by atoms with Crippen LogP contribution in [0.2, 0.25) is 0 Å². The molecule has 0 aliphatic carbocycles. The van der Waals surface area contributed by atoms with E-state index in [-0.39, 0.29) is 6.10 Å². The lowest BCUT2D eigenvalue weighted by Gasteiger charge is -2.09. The number of benzene rings is 1. The first-order valence-corrected chi connectivity index (χ1v) is 6.36. The van der Waals surface area contributed by atoms with E-state index in [4.69, 9.17) is 4.74 Å². The van der Waals surface area contributed by atoms with Crippen LogP contribution >= 0.6 is 0 Å². The molecule has 0 atom stereocenters. The fourth-order valence-corrected chi connectivity index (χ4v) is 1.49. The summed E-state index contributed by atoms with van der Waals surface area (Å²) in [6.45, 7) is 8.24. The van der Waals surface area contributed by atoms with Crippen LogP contribution in [-0.2, 0) is 0 Å². The highest BCUT2D eigenvalue weighted by atomic mass is 16.5. The van der Waals surface area contributed by atoms with Crippen LogP contribution in [0.15, 0.2) is 30.3 Å². The van der Waals surface area contributed by atoms with Gasteiger partial charge in [0.1, 0.15) is 5.75 Å². The van der Waals surface area contributed by atoms with Crippen LogP contribution in [0.25, 0.3) is 6.08 Å². The van der Waals surface area contributed by atoms with Gasteiger partial charge in [0, 0.05) is 6.54 Å². The molecule has 0 spiro atoms. The van der Waals surface area contributed by atoms with Gasteiger partial charge in [0.05, 0.1) is 6.10 Å². The molecule has 0 heterocycles. The normalized spacial score (nSPS) is 11.3. The lowest BCUT2D eigenvalue weighted by Crippen LogP contribution is -2.13. The molecule has 1 aromatic rings. The molecule has 2 nitrogen and oxygen atoms in total. The van der Waals surface area contributed by atoms with Gasteiger partial charge in [0.15, 0.2) is 0 Å². The van der Waals surface area contributed by atoms with Gasteiger partial charge in [-0.15, -0.1) is 0 Å². The molecule has 2 heteroatoms. The summed E-state index contributed by atoms with van der Waals surface area (Å²) in [5, 5.41) is 3.33. The van der Waals surface area contributed by atoms with Crippen LogP contribution in [0.5, 0.6) is 5.75 Å². The van der Waals surface area contributed by atoms with E-state index in [0.29, 0.717) is 0 Å². The molecule has 0 radical (unpaired) electrons. The number of ether oxygens (including phenoxy) is 1. The smallest absolute Gasteiger partial charge is 0.119 e. The van der Waals surface area contributed by atoms with Crippen LogP contribution in [0.4, 0.5) is 0 Å². The van der Waals surface area contributed by atoms with Gasteiger partial charge in [0.2, 0.25) is 0 Å². The minimum atomic E-state index is 0.231. The van der Waals surface area contributed by atoms with Gasteiger partial charge < -0.3 is 10.1 Å². The molecule has 0 aliphatic heterocycles. The third-order valence-corrected chi connectivity index (χ3v) is 2.25. The second-order valence-electron chi connectivity index (χ2n) is 4.34. The minimum absolute atomic E-state index is 0.231. The SMILES string of the molecule is CCCNCC=Cc1ccc(OC(C)C)cc1. The highest BCUT2D eigenvalue weighted by Gasteiger charge is 1.95. The van der Waals surface area contributed by atoms with Crippen LogP contribution in [0.1, 0.15) is 32.8 Å². The predicted molar refractivity (Wildman–Crippen MR) is 74.4 cm³/mol. The highest BCUT2D eigenvalue weighted by molar-refractivity contribution is 5.50. The maximum absolute atomic E-state index is 5.59. The van der Waals surface area contributed by atoms with Crippen LogP contribution < -0.4 is 10.1 Å². The third-order valence-electron chi connectivity index (χ3n) is 2.25. The summed E-state index contributed by atoms with van der Waals surface area (Å²) < 4.78 is 5.59. The van der Waals surface area contributed by atoms with E-state index in [9.17, 15) is 0 Å². The van der Waals surface area contributed by atoms with Gasteiger partial charge in [0.25, 0.3) is 0 Å². The van der Waals surface area contributed by atoms with E-state index in [2.05, 4.69) is 36.5 Å². The summed E-state index contributed by atoms with van der Waals surface area (Å²) in [7, 11) is 0. The van der Waals surface area contributed by atoms with E-state index in [1.165, 1.54) is 12.0 Å². The molecule has 94 valence electrons. The van der Waals surface area contributed by atoms with Crippen LogP contribution in [0.3, 0.4) is 0 Å². The Morgan fingerprint density at radius 2 is 1.94 bits per heavy atom. The number of hydrogen-bond donors (Lipinski definition) is 1. The highest BCUT2D eigenvalue weighted by Crippen LogP contribution is 2.14. The van der Waals surface area contributed by atoms with Crippen molar-refractivity contribution in [2.24, 2.45) is 0 Å².